The summed E-state index contributed by atoms with van der Waals surface area (Å²) >= 11 is 0. The normalized spacial score (nSPS) is 10.4. The predicted octanol–water partition coefficient (Wildman–Crippen LogP) is 5.48. The van der Waals surface area contributed by atoms with Crippen molar-refractivity contribution in [2.24, 2.45) is 0 Å². The van der Waals surface area contributed by atoms with Gasteiger partial charge in [0, 0.05) is 41.7 Å². The highest BCUT2D eigenvalue weighted by molar-refractivity contribution is 5.73. The van der Waals surface area contributed by atoms with E-state index in [4.69, 9.17) is 9.72 Å². The molecule has 30 heavy (non-hydrogen) atoms. The van der Waals surface area contributed by atoms with E-state index in [0.717, 1.165) is 39.5 Å². The van der Waals surface area contributed by atoms with Gasteiger partial charge in [-0.05, 0) is 23.8 Å². The molecular formula is C25H22N4O. The molecule has 1 N–H and O–H groups in total. The second kappa shape index (κ2) is 9.01. The lowest BCUT2D eigenvalue weighted by Crippen LogP contribution is -2.03. The maximum absolute atomic E-state index is 5.25. The van der Waals surface area contributed by atoms with Crippen molar-refractivity contribution in [3.05, 3.63) is 91.8 Å². The molecule has 0 saturated carbocycles. The second-order valence-electron chi connectivity index (χ2n) is 6.69. The third-order valence-electron chi connectivity index (χ3n) is 4.64. The molecule has 0 atom stereocenters. The summed E-state index contributed by atoms with van der Waals surface area (Å²) in [7, 11) is 1.66. The fourth-order valence-electron chi connectivity index (χ4n) is 3.10. The summed E-state index contributed by atoms with van der Waals surface area (Å²) in [4.78, 5) is 13.9. The summed E-state index contributed by atoms with van der Waals surface area (Å²) < 4.78 is 5.25. The van der Waals surface area contributed by atoms with Gasteiger partial charge in [0.15, 0.2) is 5.82 Å². The average molecular weight is 394 g/mol. The van der Waals surface area contributed by atoms with E-state index in [-0.39, 0.29) is 0 Å². The van der Waals surface area contributed by atoms with Crippen LogP contribution in [-0.4, -0.2) is 28.6 Å². The van der Waals surface area contributed by atoms with Gasteiger partial charge in [0.05, 0.1) is 12.8 Å². The minimum atomic E-state index is 0.620. The Labute approximate surface area is 176 Å². The lowest BCUT2D eigenvalue weighted by Gasteiger charge is -2.10. The summed E-state index contributed by atoms with van der Waals surface area (Å²) in [5.41, 5.74) is 4.76. The first-order chi connectivity index (χ1) is 14.8. The number of hydrogen-bond donors (Lipinski definition) is 1. The number of nitrogens with zero attached hydrogens (tertiary/aromatic N) is 3. The fourth-order valence-corrected chi connectivity index (χ4v) is 3.10. The molecular weight excluding hydrogens is 372 g/mol. The highest BCUT2D eigenvalue weighted by Crippen LogP contribution is 2.28. The first kappa shape index (κ1) is 19.3. The molecule has 0 unspecified atom stereocenters. The molecule has 0 bridgehead atoms. The summed E-state index contributed by atoms with van der Waals surface area (Å²) in [5, 5.41) is 3.27. The molecule has 0 amide bonds. The molecule has 0 aliphatic carbocycles. The standard InChI is InChI=1S/C25H22N4O/c1-3-13-27-24-15-23(28-25(29-24)19-7-5-4-6-8-19)21-14-20(16-26-17-21)18-9-11-22(30-2)12-10-18/h3-12,14-17H,1,13H2,2H3,(H,27,28,29). The smallest absolute Gasteiger partial charge is 0.162 e. The van der Waals surface area contributed by atoms with Gasteiger partial charge in [-0.2, -0.15) is 0 Å². The Kier molecular flexibility index (Phi) is 5.80. The molecule has 148 valence electrons. The van der Waals surface area contributed by atoms with E-state index in [1.807, 2.05) is 73.1 Å². The van der Waals surface area contributed by atoms with Crippen LogP contribution in [-0.2, 0) is 0 Å². The van der Waals surface area contributed by atoms with Gasteiger partial charge in [-0.3, -0.25) is 4.98 Å². The summed E-state index contributed by atoms with van der Waals surface area (Å²) in [6.07, 6.45) is 5.47. The van der Waals surface area contributed by atoms with Crippen molar-refractivity contribution in [2.45, 2.75) is 0 Å². The number of nitrogens with one attached hydrogen (secondary N) is 1. The van der Waals surface area contributed by atoms with Crippen LogP contribution in [0.25, 0.3) is 33.8 Å². The third-order valence-corrected chi connectivity index (χ3v) is 4.64. The minimum Gasteiger partial charge on any atom is -0.497 e. The van der Waals surface area contributed by atoms with E-state index in [1.54, 1.807) is 13.2 Å². The Morgan fingerprint density at radius 1 is 0.867 bits per heavy atom. The molecule has 0 spiro atoms. The fraction of sp³-hybridized carbons (Fsp3) is 0.0800. The summed E-state index contributed by atoms with van der Waals surface area (Å²) in [6, 6.07) is 21.9. The van der Waals surface area contributed by atoms with Gasteiger partial charge >= 0.3 is 0 Å². The number of anilines is 1. The topological polar surface area (TPSA) is 59.9 Å². The zero-order chi connectivity index (χ0) is 20.8. The number of pyridine rings is 1. The van der Waals surface area contributed by atoms with Crippen LogP contribution in [0.4, 0.5) is 5.82 Å². The maximum Gasteiger partial charge on any atom is 0.162 e. The van der Waals surface area contributed by atoms with Crippen molar-refractivity contribution < 1.29 is 4.74 Å². The molecule has 4 rings (SSSR count). The van der Waals surface area contributed by atoms with Gasteiger partial charge in [-0.1, -0.05) is 48.5 Å². The number of benzene rings is 2. The predicted molar refractivity (Wildman–Crippen MR) is 121 cm³/mol. The van der Waals surface area contributed by atoms with Crippen LogP contribution in [0.2, 0.25) is 0 Å². The van der Waals surface area contributed by atoms with E-state index in [2.05, 4.69) is 27.9 Å². The van der Waals surface area contributed by atoms with E-state index >= 15 is 0 Å². The average Bonchev–Trinajstić information content (AvgIpc) is 2.83. The molecule has 2 aromatic carbocycles. The molecule has 4 aromatic rings. The molecule has 5 nitrogen and oxygen atoms in total. The molecule has 0 saturated heterocycles. The highest BCUT2D eigenvalue weighted by atomic mass is 16.5. The molecule has 5 heteroatoms. The molecule has 0 aliphatic rings. The Hall–Kier alpha value is -3.99. The van der Waals surface area contributed by atoms with E-state index < -0.39 is 0 Å². The van der Waals surface area contributed by atoms with Gasteiger partial charge in [-0.15, -0.1) is 6.58 Å². The van der Waals surface area contributed by atoms with Crippen LogP contribution in [0.15, 0.2) is 91.8 Å². The van der Waals surface area contributed by atoms with E-state index in [0.29, 0.717) is 12.4 Å². The Bertz CT molecular complexity index is 1140. The van der Waals surface area contributed by atoms with Gasteiger partial charge in [-0.25, -0.2) is 9.97 Å². The quantitative estimate of drug-likeness (QED) is 0.421. The number of methoxy groups -OCH3 is 1. The third kappa shape index (κ3) is 4.36. The van der Waals surface area contributed by atoms with Crippen molar-refractivity contribution in [2.75, 3.05) is 19.0 Å². The number of rotatable bonds is 7. The van der Waals surface area contributed by atoms with Crippen LogP contribution in [0.5, 0.6) is 5.75 Å². The highest BCUT2D eigenvalue weighted by Gasteiger charge is 2.10. The van der Waals surface area contributed by atoms with Crippen molar-refractivity contribution in [1.29, 1.82) is 0 Å². The van der Waals surface area contributed by atoms with Gasteiger partial charge in [0.1, 0.15) is 11.6 Å². The number of aromatic nitrogens is 3. The minimum absolute atomic E-state index is 0.620. The van der Waals surface area contributed by atoms with Crippen molar-refractivity contribution >= 4 is 5.82 Å². The van der Waals surface area contributed by atoms with Crippen LogP contribution < -0.4 is 10.1 Å². The number of hydrogen-bond acceptors (Lipinski definition) is 5. The zero-order valence-electron chi connectivity index (χ0n) is 16.7. The SMILES string of the molecule is C=CCNc1cc(-c2cncc(-c3ccc(OC)cc3)c2)nc(-c2ccccc2)n1. The van der Waals surface area contributed by atoms with Gasteiger partial charge < -0.3 is 10.1 Å². The Morgan fingerprint density at radius 2 is 1.63 bits per heavy atom. The first-order valence-electron chi connectivity index (χ1n) is 9.66. The summed E-state index contributed by atoms with van der Waals surface area (Å²) in [5.74, 6) is 2.23. The monoisotopic (exact) mass is 394 g/mol. The van der Waals surface area contributed by atoms with Crippen LogP contribution in [0.1, 0.15) is 0 Å². The van der Waals surface area contributed by atoms with E-state index in [9.17, 15) is 0 Å². The van der Waals surface area contributed by atoms with Gasteiger partial charge in [0.2, 0.25) is 0 Å². The molecule has 0 aliphatic heterocycles. The maximum atomic E-state index is 5.25. The van der Waals surface area contributed by atoms with E-state index in [1.165, 1.54) is 0 Å². The van der Waals surface area contributed by atoms with Crippen LogP contribution >= 0.6 is 0 Å². The first-order valence-corrected chi connectivity index (χ1v) is 9.66. The Morgan fingerprint density at radius 3 is 2.37 bits per heavy atom. The van der Waals surface area contributed by atoms with Crippen LogP contribution in [0, 0.1) is 0 Å². The van der Waals surface area contributed by atoms with Crippen molar-refractivity contribution in [3.8, 4) is 39.5 Å². The lowest BCUT2D eigenvalue weighted by molar-refractivity contribution is 0.415. The van der Waals surface area contributed by atoms with Crippen molar-refractivity contribution in [3.63, 3.8) is 0 Å². The second-order valence-corrected chi connectivity index (χ2v) is 6.69. The molecule has 0 fully saturated rings. The van der Waals surface area contributed by atoms with Gasteiger partial charge in [0.25, 0.3) is 0 Å². The lowest BCUT2D eigenvalue weighted by atomic mass is 10.0. The Balaban J connectivity index is 1.76. The molecule has 2 aromatic heterocycles. The van der Waals surface area contributed by atoms with Crippen LogP contribution in [0.3, 0.4) is 0 Å². The van der Waals surface area contributed by atoms with Crippen molar-refractivity contribution in [1.82, 2.24) is 15.0 Å². The zero-order valence-corrected chi connectivity index (χ0v) is 16.7. The molecule has 2 heterocycles. The summed E-state index contributed by atoms with van der Waals surface area (Å²) in [6.45, 7) is 4.39. The molecule has 0 radical (unpaired) electrons. The number of ether oxygens (including phenoxy) is 1. The largest absolute Gasteiger partial charge is 0.497 e.